The zero-order valence-electron chi connectivity index (χ0n) is 12.7. The number of benzene rings is 1. The topological polar surface area (TPSA) is 91.8 Å². The summed E-state index contributed by atoms with van der Waals surface area (Å²) in [5.74, 6) is 0.744. The predicted molar refractivity (Wildman–Crippen MR) is 87.9 cm³/mol. The Morgan fingerprint density at radius 2 is 2.26 bits per heavy atom. The maximum atomic E-state index is 12.2. The fourth-order valence-electron chi connectivity index (χ4n) is 2.76. The molecule has 1 aromatic heterocycles. The number of aromatic amines is 1. The molecule has 0 saturated carbocycles. The maximum Gasteiger partial charge on any atom is 0.343 e. The van der Waals surface area contributed by atoms with E-state index in [4.69, 9.17) is 11.6 Å². The molecule has 23 heavy (non-hydrogen) atoms. The van der Waals surface area contributed by atoms with Gasteiger partial charge in [0.05, 0.1) is 0 Å². The largest absolute Gasteiger partial charge is 0.343 e. The highest BCUT2D eigenvalue weighted by molar-refractivity contribution is 6.30. The number of amides is 2. The number of rotatable bonds is 2. The molecule has 0 fully saturated rings. The third-order valence-electron chi connectivity index (χ3n) is 4.03. The number of aromatic nitrogens is 3. The van der Waals surface area contributed by atoms with Crippen LogP contribution >= 0.6 is 11.6 Å². The lowest BCUT2D eigenvalue weighted by Gasteiger charge is -2.17. The summed E-state index contributed by atoms with van der Waals surface area (Å²) >= 11 is 5.91. The van der Waals surface area contributed by atoms with Crippen LogP contribution in [-0.2, 0) is 13.0 Å². The van der Waals surface area contributed by atoms with Crippen LogP contribution in [-0.4, -0.2) is 26.8 Å². The highest BCUT2D eigenvalue weighted by atomic mass is 35.5. The molecule has 122 valence electrons. The third kappa shape index (κ3) is 3.56. The molecule has 0 saturated heterocycles. The lowest BCUT2D eigenvalue weighted by atomic mass is 10.1. The van der Waals surface area contributed by atoms with Crippen LogP contribution in [0.3, 0.4) is 0 Å². The zero-order chi connectivity index (χ0) is 16.4. The normalized spacial score (nSPS) is 17.2. The minimum atomic E-state index is -0.256. The first-order valence-corrected chi connectivity index (χ1v) is 7.88. The standard InChI is InChI=1S/C15H18ClN5O2/c1-9-8-10(16)2-4-12(9)18-14(22)17-11-3-5-13-19-20-15(23)21(13)7-6-11/h2,4,8,11H,3,5-7H2,1H3,(H,20,23)(H2,17,18,22). The number of fused-ring (bicyclic) bond motifs is 1. The Labute approximate surface area is 138 Å². The van der Waals surface area contributed by atoms with Crippen molar-refractivity contribution in [2.24, 2.45) is 0 Å². The Bertz CT molecular complexity index is 782. The molecule has 2 aromatic rings. The van der Waals surface area contributed by atoms with Gasteiger partial charge in [-0.05, 0) is 43.5 Å². The Morgan fingerprint density at radius 1 is 1.43 bits per heavy atom. The number of hydrogen-bond donors (Lipinski definition) is 3. The first-order valence-electron chi connectivity index (χ1n) is 7.50. The van der Waals surface area contributed by atoms with Gasteiger partial charge in [0, 0.05) is 29.7 Å². The van der Waals surface area contributed by atoms with E-state index in [1.807, 2.05) is 6.92 Å². The second-order valence-corrected chi connectivity index (χ2v) is 6.12. The van der Waals surface area contributed by atoms with Gasteiger partial charge >= 0.3 is 11.7 Å². The average molecular weight is 336 g/mol. The number of halogens is 1. The molecule has 2 amide bonds. The van der Waals surface area contributed by atoms with Crippen LogP contribution < -0.4 is 16.3 Å². The van der Waals surface area contributed by atoms with Crippen LogP contribution in [0.5, 0.6) is 0 Å². The number of carbonyl (C=O) groups is 1. The Morgan fingerprint density at radius 3 is 3.04 bits per heavy atom. The van der Waals surface area contributed by atoms with E-state index in [2.05, 4.69) is 20.8 Å². The fourth-order valence-corrected chi connectivity index (χ4v) is 2.99. The molecule has 1 aliphatic rings. The van der Waals surface area contributed by atoms with Crippen molar-refractivity contribution in [3.8, 4) is 0 Å². The maximum absolute atomic E-state index is 12.2. The molecule has 1 atom stereocenters. The molecule has 1 aliphatic heterocycles. The second-order valence-electron chi connectivity index (χ2n) is 5.68. The summed E-state index contributed by atoms with van der Waals surface area (Å²) < 4.78 is 1.63. The Hall–Kier alpha value is -2.28. The Kier molecular flexibility index (Phi) is 4.38. The molecule has 2 heterocycles. The first kappa shape index (κ1) is 15.6. The molecule has 8 heteroatoms. The van der Waals surface area contributed by atoms with Gasteiger partial charge in [-0.1, -0.05) is 11.6 Å². The van der Waals surface area contributed by atoms with E-state index in [-0.39, 0.29) is 17.8 Å². The lowest BCUT2D eigenvalue weighted by molar-refractivity contribution is 0.247. The fraction of sp³-hybridized carbons (Fsp3) is 0.400. The molecule has 3 rings (SSSR count). The molecule has 0 bridgehead atoms. The minimum Gasteiger partial charge on any atom is -0.335 e. The van der Waals surface area contributed by atoms with Crippen molar-refractivity contribution >= 4 is 23.3 Å². The van der Waals surface area contributed by atoms with E-state index in [1.165, 1.54) is 0 Å². The van der Waals surface area contributed by atoms with Crippen LogP contribution in [0.4, 0.5) is 10.5 Å². The summed E-state index contributed by atoms with van der Waals surface area (Å²) in [6.07, 6.45) is 2.10. The van der Waals surface area contributed by atoms with Crippen LogP contribution in [0.1, 0.15) is 24.2 Å². The van der Waals surface area contributed by atoms with Gasteiger partial charge < -0.3 is 10.6 Å². The molecular weight excluding hydrogens is 318 g/mol. The number of H-pyrrole nitrogens is 1. The quantitative estimate of drug-likeness (QED) is 0.784. The van der Waals surface area contributed by atoms with Gasteiger partial charge in [-0.25, -0.2) is 14.7 Å². The van der Waals surface area contributed by atoms with Crippen molar-refractivity contribution in [1.82, 2.24) is 20.1 Å². The van der Waals surface area contributed by atoms with Gasteiger partial charge in [0.25, 0.3) is 0 Å². The van der Waals surface area contributed by atoms with Gasteiger partial charge in [-0.15, -0.1) is 0 Å². The number of carbonyl (C=O) groups excluding carboxylic acids is 1. The molecular formula is C15H18ClN5O2. The van der Waals surface area contributed by atoms with Gasteiger partial charge in [-0.3, -0.25) is 4.57 Å². The number of nitrogens with one attached hydrogen (secondary N) is 3. The number of hydrogen-bond acceptors (Lipinski definition) is 3. The minimum absolute atomic E-state index is 0.00343. The van der Waals surface area contributed by atoms with E-state index in [0.29, 0.717) is 24.4 Å². The number of aryl methyl sites for hydroxylation is 2. The number of anilines is 1. The van der Waals surface area contributed by atoms with Gasteiger partial charge in [-0.2, -0.15) is 5.10 Å². The predicted octanol–water partition coefficient (Wildman–Crippen LogP) is 2.06. The van der Waals surface area contributed by atoms with E-state index >= 15 is 0 Å². The van der Waals surface area contributed by atoms with Crippen molar-refractivity contribution in [3.63, 3.8) is 0 Å². The molecule has 1 unspecified atom stereocenters. The highest BCUT2D eigenvalue weighted by Crippen LogP contribution is 2.19. The summed E-state index contributed by atoms with van der Waals surface area (Å²) in [5.41, 5.74) is 1.44. The molecule has 1 aromatic carbocycles. The molecule has 3 N–H and O–H groups in total. The van der Waals surface area contributed by atoms with Gasteiger partial charge in [0.1, 0.15) is 5.82 Å². The Balaban J connectivity index is 1.59. The van der Waals surface area contributed by atoms with Crippen molar-refractivity contribution in [2.45, 2.75) is 38.8 Å². The summed E-state index contributed by atoms with van der Waals surface area (Å²) in [6, 6.07) is 5.06. The van der Waals surface area contributed by atoms with Crippen LogP contribution in [0.2, 0.25) is 5.02 Å². The lowest BCUT2D eigenvalue weighted by Crippen LogP contribution is -2.38. The van der Waals surface area contributed by atoms with E-state index in [1.54, 1.807) is 22.8 Å². The van der Waals surface area contributed by atoms with E-state index < -0.39 is 0 Å². The van der Waals surface area contributed by atoms with Crippen molar-refractivity contribution < 1.29 is 4.79 Å². The summed E-state index contributed by atoms with van der Waals surface area (Å²) in [7, 11) is 0. The SMILES string of the molecule is Cc1cc(Cl)ccc1NC(=O)NC1CCc2n[nH]c(=O)n2CC1. The average Bonchev–Trinajstić information content (AvgIpc) is 2.73. The second kappa shape index (κ2) is 6.45. The highest BCUT2D eigenvalue weighted by Gasteiger charge is 2.20. The number of nitrogens with zero attached hydrogens (tertiary/aromatic N) is 2. The van der Waals surface area contributed by atoms with E-state index in [9.17, 15) is 9.59 Å². The molecule has 0 radical (unpaired) electrons. The van der Waals surface area contributed by atoms with Gasteiger partial charge in [0.15, 0.2) is 0 Å². The van der Waals surface area contributed by atoms with Crippen LogP contribution in [0, 0.1) is 6.92 Å². The smallest absolute Gasteiger partial charge is 0.335 e. The monoisotopic (exact) mass is 335 g/mol. The van der Waals surface area contributed by atoms with E-state index in [0.717, 1.165) is 23.5 Å². The van der Waals surface area contributed by atoms with Crippen LogP contribution in [0.15, 0.2) is 23.0 Å². The zero-order valence-corrected chi connectivity index (χ0v) is 13.5. The van der Waals surface area contributed by atoms with Crippen LogP contribution in [0.25, 0.3) is 0 Å². The molecule has 0 aliphatic carbocycles. The first-order chi connectivity index (χ1) is 11.0. The van der Waals surface area contributed by atoms with Gasteiger partial charge in [0.2, 0.25) is 0 Å². The van der Waals surface area contributed by atoms with Crippen molar-refractivity contribution in [1.29, 1.82) is 0 Å². The molecule has 7 nitrogen and oxygen atoms in total. The van der Waals surface area contributed by atoms with Crippen molar-refractivity contribution in [2.75, 3.05) is 5.32 Å². The summed E-state index contributed by atoms with van der Waals surface area (Å²) in [6.45, 7) is 2.44. The summed E-state index contributed by atoms with van der Waals surface area (Å²) in [4.78, 5) is 23.7. The third-order valence-corrected chi connectivity index (χ3v) is 4.26. The molecule has 0 spiro atoms. The summed E-state index contributed by atoms with van der Waals surface area (Å²) in [5, 5.41) is 12.9. The van der Waals surface area contributed by atoms with Crippen molar-refractivity contribution in [3.05, 3.63) is 45.1 Å². The number of urea groups is 1.